The Morgan fingerprint density at radius 3 is 2.84 bits per heavy atom. The number of hydrogen-bond donors (Lipinski definition) is 1. The van der Waals surface area contributed by atoms with Crippen molar-refractivity contribution in [1.29, 1.82) is 0 Å². The van der Waals surface area contributed by atoms with Gasteiger partial charge in [-0.05, 0) is 19.1 Å². The average molecular weight is 259 g/mol. The van der Waals surface area contributed by atoms with Gasteiger partial charge in [0.15, 0.2) is 0 Å². The van der Waals surface area contributed by atoms with Crippen LogP contribution in [0, 0.1) is 0 Å². The van der Waals surface area contributed by atoms with Crippen LogP contribution < -0.4 is 5.73 Å². The third-order valence-corrected chi connectivity index (χ3v) is 3.00. The number of nitrogens with zero attached hydrogens (tertiary/aromatic N) is 4. The van der Waals surface area contributed by atoms with Gasteiger partial charge in [-0.1, -0.05) is 0 Å². The highest BCUT2D eigenvalue weighted by Crippen LogP contribution is 2.26. The second kappa shape index (κ2) is 5.09. The van der Waals surface area contributed by atoms with E-state index in [2.05, 4.69) is 9.97 Å². The van der Waals surface area contributed by atoms with Crippen molar-refractivity contribution in [2.45, 2.75) is 13.0 Å². The van der Waals surface area contributed by atoms with Crippen LogP contribution >= 0.6 is 0 Å². The van der Waals surface area contributed by atoms with Crippen LogP contribution in [0.5, 0.6) is 0 Å². The van der Waals surface area contributed by atoms with Gasteiger partial charge in [-0.2, -0.15) is 0 Å². The summed E-state index contributed by atoms with van der Waals surface area (Å²) in [7, 11) is 3.46. The molecule has 0 bridgehead atoms. The molecular formula is C13H17N5O. The van der Waals surface area contributed by atoms with E-state index in [1.807, 2.05) is 19.1 Å². The van der Waals surface area contributed by atoms with Crippen LogP contribution in [0.2, 0.25) is 0 Å². The predicted molar refractivity (Wildman–Crippen MR) is 73.3 cm³/mol. The molecular weight excluding hydrogens is 242 g/mol. The molecule has 0 aromatic carbocycles. The second-order valence-corrected chi connectivity index (χ2v) is 4.53. The lowest BCUT2D eigenvalue weighted by atomic mass is 10.2. The molecule has 1 unspecified atom stereocenters. The number of rotatable bonds is 3. The zero-order chi connectivity index (χ0) is 14.0. The number of likely N-dealkylation sites (N-methyl/N-ethyl adjacent to an activating group) is 1. The Balaban J connectivity index is 2.44. The first kappa shape index (κ1) is 13.1. The molecule has 6 nitrogen and oxygen atoms in total. The first-order chi connectivity index (χ1) is 9.02. The standard InChI is InChI=1S/C13H17N5O/c1-9(13(19)17(2)3)18-8-15-7-11(18)10-5-4-6-16-12(10)14/h4-9H,1-3H3,(H2,14,16). The van der Waals surface area contributed by atoms with E-state index in [9.17, 15) is 4.79 Å². The van der Waals surface area contributed by atoms with Crippen LogP contribution in [-0.2, 0) is 4.79 Å². The van der Waals surface area contributed by atoms with Crippen LogP contribution in [0.4, 0.5) is 5.82 Å². The molecule has 0 spiro atoms. The van der Waals surface area contributed by atoms with Crippen molar-refractivity contribution >= 4 is 11.7 Å². The molecule has 2 rings (SSSR count). The van der Waals surface area contributed by atoms with Gasteiger partial charge < -0.3 is 15.2 Å². The van der Waals surface area contributed by atoms with Gasteiger partial charge in [0.1, 0.15) is 11.9 Å². The number of carbonyl (C=O) groups excluding carboxylic acids is 1. The first-order valence-electron chi connectivity index (χ1n) is 5.96. The maximum absolute atomic E-state index is 12.0. The molecule has 0 saturated heterocycles. The van der Waals surface area contributed by atoms with Gasteiger partial charge in [0.25, 0.3) is 0 Å². The SMILES string of the molecule is CC(C(=O)N(C)C)n1cncc1-c1cccnc1N. The van der Waals surface area contributed by atoms with Crippen molar-refractivity contribution in [2.24, 2.45) is 0 Å². The van der Waals surface area contributed by atoms with Crippen LogP contribution in [-0.4, -0.2) is 39.4 Å². The minimum atomic E-state index is -0.341. The van der Waals surface area contributed by atoms with E-state index in [1.54, 1.807) is 42.3 Å². The predicted octanol–water partition coefficient (Wildman–Crippen LogP) is 1.18. The van der Waals surface area contributed by atoms with E-state index < -0.39 is 0 Å². The van der Waals surface area contributed by atoms with Crippen LogP contribution in [0.3, 0.4) is 0 Å². The summed E-state index contributed by atoms with van der Waals surface area (Å²) in [6, 6.07) is 3.33. The highest BCUT2D eigenvalue weighted by molar-refractivity contribution is 5.81. The highest BCUT2D eigenvalue weighted by Gasteiger charge is 2.20. The lowest BCUT2D eigenvalue weighted by Gasteiger charge is -2.20. The van der Waals surface area contributed by atoms with Crippen LogP contribution in [0.25, 0.3) is 11.3 Å². The summed E-state index contributed by atoms with van der Waals surface area (Å²) < 4.78 is 1.80. The van der Waals surface area contributed by atoms with Crippen molar-refractivity contribution in [3.63, 3.8) is 0 Å². The molecule has 2 aromatic heterocycles. The maximum Gasteiger partial charge on any atom is 0.244 e. The summed E-state index contributed by atoms with van der Waals surface area (Å²) in [6.45, 7) is 1.83. The Morgan fingerprint density at radius 2 is 2.21 bits per heavy atom. The summed E-state index contributed by atoms with van der Waals surface area (Å²) in [5.74, 6) is 0.426. The minimum absolute atomic E-state index is 0.00158. The number of pyridine rings is 1. The Morgan fingerprint density at radius 1 is 1.47 bits per heavy atom. The van der Waals surface area contributed by atoms with E-state index >= 15 is 0 Å². The van der Waals surface area contributed by atoms with Crippen molar-refractivity contribution in [2.75, 3.05) is 19.8 Å². The summed E-state index contributed by atoms with van der Waals surface area (Å²) in [6.07, 6.45) is 4.95. The fraction of sp³-hybridized carbons (Fsp3) is 0.308. The number of aromatic nitrogens is 3. The van der Waals surface area contributed by atoms with Gasteiger partial charge >= 0.3 is 0 Å². The fourth-order valence-electron chi connectivity index (χ4n) is 1.95. The molecule has 0 aliphatic rings. The molecule has 2 N–H and O–H groups in total. The third-order valence-electron chi connectivity index (χ3n) is 3.00. The number of hydrogen-bond acceptors (Lipinski definition) is 4. The van der Waals surface area contributed by atoms with Gasteiger partial charge in [-0.15, -0.1) is 0 Å². The molecule has 0 aliphatic heterocycles. The average Bonchev–Trinajstić information content (AvgIpc) is 2.86. The van der Waals surface area contributed by atoms with Gasteiger partial charge in [-0.3, -0.25) is 4.79 Å². The van der Waals surface area contributed by atoms with Crippen molar-refractivity contribution in [3.05, 3.63) is 30.9 Å². The largest absolute Gasteiger partial charge is 0.383 e. The number of nitrogens with two attached hydrogens (primary N) is 1. The van der Waals surface area contributed by atoms with E-state index in [0.29, 0.717) is 5.82 Å². The van der Waals surface area contributed by atoms with Crippen LogP contribution in [0.1, 0.15) is 13.0 Å². The molecule has 19 heavy (non-hydrogen) atoms. The Kier molecular flexibility index (Phi) is 3.50. The molecule has 1 atom stereocenters. The third kappa shape index (κ3) is 2.42. The fourth-order valence-corrected chi connectivity index (χ4v) is 1.95. The van der Waals surface area contributed by atoms with Gasteiger partial charge in [0, 0.05) is 25.9 Å². The number of amides is 1. The molecule has 2 heterocycles. The molecule has 2 aromatic rings. The van der Waals surface area contributed by atoms with Gasteiger partial charge in [-0.25, -0.2) is 9.97 Å². The maximum atomic E-state index is 12.0. The Hall–Kier alpha value is -2.37. The minimum Gasteiger partial charge on any atom is -0.383 e. The number of carbonyl (C=O) groups is 1. The van der Waals surface area contributed by atoms with E-state index in [0.717, 1.165) is 11.3 Å². The molecule has 0 radical (unpaired) electrons. The summed E-state index contributed by atoms with van der Waals surface area (Å²) in [4.78, 5) is 21.8. The molecule has 6 heteroatoms. The molecule has 0 aliphatic carbocycles. The lowest BCUT2D eigenvalue weighted by molar-refractivity contribution is -0.131. The number of anilines is 1. The highest BCUT2D eigenvalue weighted by atomic mass is 16.2. The van der Waals surface area contributed by atoms with Crippen molar-refractivity contribution in [3.8, 4) is 11.3 Å². The Labute approximate surface area is 111 Å². The quantitative estimate of drug-likeness (QED) is 0.897. The topological polar surface area (TPSA) is 77.0 Å². The zero-order valence-electron chi connectivity index (χ0n) is 11.2. The Bertz CT molecular complexity index is 590. The van der Waals surface area contributed by atoms with Crippen molar-refractivity contribution < 1.29 is 4.79 Å². The molecule has 0 saturated carbocycles. The summed E-state index contributed by atoms with van der Waals surface area (Å²) in [5.41, 5.74) is 7.43. The monoisotopic (exact) mass is 259 g/mol. The van der Waals surface area contributed by atoms with E-state index in [4.69, 9.17) is 5.73 Å². The second-order valence-electron chi connectivity index (χ2n) is 4.53. The van der Waals surface area contributed by atoms with Crippen molar-refractivity contribution in [1.82, 2.24) is 19.4 Å². The van der Waals surface area contributed by atoms with Gasteiger partial charge in [0.05, 0.1) is 18.2 Å². The number of imidazole rings is 1. The van der Waals surface area contributed by atoms with E-state index in [1.165, 1.54) is 0 Å². The van der Waals surface area contributed by atoms with E-state index in [-0.39, 0.29) is 11.9 Å². The first-order valence-corrected chi connectivity index (χ1v) is 5.96. The lowest BCUT2D eigenvalue weighted by Crippen LogP contribution is -2.30. The van der Waals surface area contributed by atoms with Gasteiger partial charge in [0.2, 0.25) is 5.91 Å². The zero-order valence-corrected chi connectivity index (χ0v) is 11.2. The summed E-state index contributed by atoms with van der Waals surface area (Å²) in [5, 5.41) is 0. The smallest absolute Gasteiger partial charge is 0.244 e. The summed E-state index contributed by atoms with van der Waals surface area (Å²) >= 11 is 0. The number of nitrogen functional groups attached to an aromatic ring is 1. The normalized spacial score (nSPS) is 12.2. The molecule has 100 valence electrons. The molecule has 1 amide bonds. The molecule has 0 fully saturated rings. The van der Waals surface area contributed by atoms with Crippen LogP contribution in [0.15, 0.2) is 30.9 Å².